The van der Waals surface area contributed by atoms with Crippen molar-refractivity contribution in [3.63, 3.8) is 0 Å². The largest absolute Gasteiger partial charge is 0.495 e. The highest BCUT2D eigenvalue weighted by Gasteiger charge is 2.41. The lowest BCUT2D eigenvalue weighted by Crippen LogP contribution is -2.31. The molecule has 140 valence electrons. The van der Waals surface area contributed by atoms with E-state index in [4.69, 9.17) is 4.74 Å². The summed E-state index contributed by atoms with van der Waals surface area (Å²) in [5.74, 6) is -0.101. The van der Waals surface area contributed by atoms with Crippen LogP contribution in [0, 0.1) is 13.8 Å². The van der Waals surface area contributed by atoms with Crippen LogP contribution in [0.3, 0.4) is 0 Å². The molecule has 0 saturated heterocycles. The first kappa shape index (κ1) is 19.2. The van der Waals surface area contributed by atoms with Crippen LogP contribution in [-0.2, 0) is 9.59 Å². The molecule has 0 radical (unpaired) electrons. The van der Waals surface area contributed by atoms with Crippen molar-refractivity contribution in [1.29, 1.82) is 0 Å². The predicted octanol–water partition coefficient (Wildman–Crippen LogP) is 4.74. The first-order valence-corrected chi connectivity index (χ1v) is 9.73. The SMILES string of the molecule is COc1ccc(C)cc1N1C(=O)C(SC(C)C)=C(c2ccc(C)cc2)C1=O. The summed E-state index contributed by atoms with van der Waals surface area (Å²) in [6.07, 6.45) is 0. The lowest BCUT2D eigenvalue weighted by molar-refractivity contribution is -0.119. The number of amides is 2. The summed E-state index contributed by atoms with van der Waals surface area (Å²) in [7, 11) is 1.54. The summed E-state index contributed by atoms with van der Waals surface area (Å²) in [5.41, 5.74) is 3.76. The monoisotopic (exact) mass is 381 g/mol. The zero-order chi connectivity index (χ0) is 19.7. The maximum atomic E-state index is 13.4. The highest BCUT2D eigenvalue weighted by molar-refractivity contribution is 8.04. The molecule has 0 saturated carbocycles. The number of nitrogens with zero attached hydrogens (tertiary/aromatic N) is 1. The normalized spacial score (nSPS) is 14.5. The number of thioether (sulfide) groups is 1. The Morgan fingerprint density at radius 2 is 1.56 bits per heavy atom. The quantitative estimate of drug-likeness (QED) is 0.702. The van der Waals surface area contributed by atoms with Crippen LogP contribution in [-0.4, -0.2) is 24.2 Å². The molecule has 2 amide bonds. The summed E-state index contributed by atoms with van der Waals surface area (Å²) in [6.45, 7) is 7.94. The predicted molar refractivity (Wildman–Crippen MR) is 111 cm³/mol. The van der Waals surface area contributed by atoms with Gasteiger partial charge in [0.2, 0.25) is 0 Å². The molecule has 0 bridgehead atoms. The van der Waals surface area contributed by atoms with Crippen molar-refractivity contribution in [2.24, 2.45) is 0 Å². The van der Waals surface area contributed by atoms with Gasteiger partial charge >= 0.3 is 0 Å². The number of carbonyl (C=O) groups excluding carboxylic acids is 2. The van der Waals surface area contributed by atoms with Crippen LogP contribution in [0.15, 0.2) is 47.4 Å². The van der Waals surface area contributed by atoms with Crippen LogP contribution in [0.1, 0.15) is 30.5 Å². The summed E-state index contributed by atoms with van der Waals surface area (Å²) < 4.78 is 5.41. The van der Waals surface area contributed by atoms with Gasteiger partial charge in [0.05, 0.1) is 23.3 Å². The minimum absolute atomic E-state index is 0.177. The molecule has 2 aromatic carbocycles. The second-order valence-electron chi connectivity index (χ2n) is 6.86. The Labute approximate surface area is 164 Å². The van der Waals surface area contributed by atoms with Crippen LogP contribution in [0.5, 0.6) is 5.75 Å². The first-order chi connectivity index (χ1) is 12.8. The van der Waals surface area contributed by atoms with Crippen LogP contribution in [0.4, 0.5) is 5.69 Å². The van der Waals surface area contributed by atoms with E-state index in [1.807, 2.05) is 64.1 Å². The molecular weight excluding hydrogens is 358 g/mol. The van der Waals surface area contributed by atoms with Crippen LogP contribution >= 0.6 is 11.8 Å². The highest BCUT2D eigenvalue weighted by Crippen LogP contribution is 2.42. The Morgan fingerprint density at radius 1 is 0.926 bits per heavy atom. The van der Waals surface area contributed by atoms with Gasteiger partial charge in [-0.15, -0.1) is 11.8 Å². The second-order valence-corrected chi connectivity index (χ2v) is 8.44. The van der Waals surface area contributed by atoms with E-state index in [1.165, 1.54) is 23.8 Å². The third kappa shape index (κ3) is 3.65. The fourth-order valence-corrected chi connectivity index (χ4v) is 4.01. The van der Waals surface area contributed by atoms with E-state index in [1.54, 1.807) is 6.07 Å². The van der Waals surface area contributed by atoms with Gasteiger partial charge in [-0.2, -0.15) is 0 Å². The van der Waals surface area contributed by atoms with Gasteiger partial charge in [-0.1, -0.05) is 49.7 Å². The summed E-state index contributed by atoms with van der Waals surface area (Å²) in [4.78, 5) is 28.3. The van der Waals surface area contributed by atoms with E-state index < -0.39 is 0 Å². The minimum atomic E-state index is -0.309. The Kier molecular flexibility index (Phi) is 5.42. The molecule has 1 aliphatic rings. The Bertz CT molecular complexity index is 929. The zero-order valence-corrected chi connectivity index (χ0v) is 17.0. The van der Waals surface area contributed by atoms with Crippen LogP contribution in [0.2, 0.25) is 0 Å². The number of rotatable bonds is 5. The van der Waals surface area contributed by atoms with E-state index in [0.29, 0.717) is 21.9 Å². The van der Waals surface area contributed by atoms with Gasteiger partial charge in [-0.3, -0.25) is 9.59 Å². The molecule has 1 heterocycles. The van der Waals surface area contributed by atoms with Gasteiger partial charge in [0.15, 0.2) is 0 Å². The van der Waals surface area contributed by atoms with E-state index in [2.05, 4.69) is 0 Å². The number of imide groups is 1. The molecule has 0 aliphatic carbocycles. The number of hydrogen-bond acceptors (Lipinski definition) is 4. The number of hydrogen-bond donors (Lipinski definition) is 0. The van der Waals surface area contributed by atoms with Gasteiger partial charge < -0.3 is 4.74 Å². The first-order valence-electron chi connectivity index (χ1n) is 8.85. The maximum Gasteiger partial charge on any atom is 0.272 e. The van der Waals surface area contributed by atoms with Gasteiger partial charge in [0.25, 0.3) is 11.8 Å². The molecular formula is C22H23NO3S. The molecule has 3 rings (SSSR count). The molecule has 2 aromatic rings. The topological polar surface area (TPSA) is 46.6 Å². The average Bonchev–Trinajstić information content (AvgIpc) is 2.85. The number of benzene rings is 2. The average molecular weight is 381 g/mol. The molecule has 0 unspecified atom stereocenters. The molecule has 1 aliphatic heterocycles. The maximum absolute atomic E-state index is 13.4. The minimum Gasteiger partial charge on any atom is -0.495 e. The second kappa shape index (κ2) is 7.61. The number of ether oxygens (including phenoxy) is 1. The van der Waals surface area contributed by atoms with Gasteiger partial charge in [0.1, 0.15) is 5.75 Å². The molecule has 0 fully saturated rings. The van der Waals surface area contributed by atoms with Crippen molar-refractivity contribution in [2.45, 2.75) is 32.9 Å². The van der Waals surface area contributed by atoms with Crippen LogP contribution < -0.4 is 9.64 Å². The Morgan fingerprint density at radius 3 is 2.15 bits per heavy atom. The Hall–Kier alpha value is -2.53. The number of carbonyl (C=O) groups is 2. The number of aryl methyl sites for hydroxylation is 2. The van der Waals surface area contributed by atoms with Crippen molar-refractivity contribution in [1.82, 2.24) is 0 Å². The van der Waals surface area contributed by atoms with Crippen molar-refractivity contribution >= 4 is 34.8 Å². The van der Waals surface area contributed by atoms with Crippen molar-refractivity contribution in [3.05, 3.63) is 64.1 Å². The zero-order valence-electron chi connectivity index (χ0n) is 16.2. The van der Waals surface area contributed by atoms with Crippen LogP contribution in [0.25, 0.3) is 5.57 Å². The lowest BCUT2D eigenvalue weighted by Gasteiger charge is -2.19. The molecule has 0 atom stereocenters. The standard InChI is InChI=1S/C22H23NO3S/c1-13(2)27-20-19(16-9-6-14(3)7-10-16)21(24)23(22(20)25)17-12-15(4)8-11-18(17)26-5/h6-13H,1-5H3. The molecule has 0 aromatic heterocycles. The van der Waals surface area contributed by atoms with E-state index >= 15 is 0 Å². The number of anilines is 1. The van der Waals surface area contributed by atoms with Crippen molar-refractivity contribution < 1.29 is 14.3 Å². The summed E-state index contributed by atoms with van der Waals surface area (Å²) in [6, 6.07) is 13.2. The molecule has 27 heavy (non-hydrogen) atoms. The molecule has 5 heteroatoms. The van der Waals surface area contributed by atoms with E-state index in [9.17, 15) is 9.59 Å². The van der Waals surface area contributed by atoms with Crippen molar-refractivity contribution in [2.75, 3.05) is 12.0 Å². The van der Waals surface area contributed by atoms with Crippen molar-refractivity contribution in [3.8, 4) is 5.75 Å². The smallest absolute Gasteiger partial charge is 0.272 e. The molecule has 4 nitrogen and oxygen atoms in total. The summed E-state index contributed by atoms with van der Waals surface area (Å²) >= 11 is 1.42. The fourth-order valence-electron chi connectivity index (χ4n) is 3.02. The Balaban J connectivity index is 2.15. The van der Waals surface area contributed by atoms with Gasteiger partial charge in [-0.25, -0.2) is 4.90 Å². The third-order valence-electron chi connectivity index (χ3n) is 4.31. The molecule has 0 spiro atoms. The number of methoxy groups -OCH3 is 1. The third-order valence-corrected chi connectivity index (χ3v) is 5.40. The van der Waals surface area contributed by atoms with E-state index in [-0.39, 0.29) is 17.1 Å². The lowest BCUT2D eigenvalue weighted by atomic mass is 10.0. The van der Waals surface area contributed by atoms with E-state index in [0.717, 1.165) is 16.7 Å². The summed E-state index contributed by atoms with van der Waals surface area (Å²) in [5, 5.41) is 0.177. The van der Waals surface area contributed by atoms with Gasteiger partial charge in [0, 0.05) is 5.25 Å². The fraction of sp³-hybridized carbons (Fsp3) is 0.273. The highest BCUT2D eigenvalue weighted by atomic mass is 32.2. The molecule has 0 N–H and O–H groups in total. The van der Waals surface area contributed by atoms with Gasteiger partial charge in [-0.05, 0) is 37.1 Å².